The van der Waals surface area contributed by atoms with Crippen molar-refractivity contribution in [2.45, 2.75) is 33.6 Å². The van der Waals surface area contributed by atoms with Crippen LogP contribution in [0.2, 0.25) is 0 Å². The van der Waals surface area contributed by atoms with E-state index >= 15 is 0 Å². The quantitative estimate of drug-likeness (QED) is 0.598. The molecule has 0 bridgehead atoms. The van der Waals surface area contributed by atoms with E-state index in [1.807, 2.05) is 30.3 Å². The number of carbonyl (C=O) groups excluding carboxylic acids is 1. The predicted molar refractivity (Wildman–Crippen MR) is 120 cm³/mol. The van der Waals surface area contributed by atoms with Gasteiger partial charge in [-0.15, -0.1) is 0 Å². The van der Waals surface area contributed by atoms with Crippen LogP contribution in [0.4, 0.5) is 17.3 Å². The van der Waals surface area contributed by atoms with Crippen LogP contribution in [0.1, 0.15) is 37.6 Å². The normalized spacial score (nSPS) is 12.3. The molecule has 1 aliphatic carbocycles. The zero-order chi connectivity index (χ0) is 22.2. The molecule has 1 heterocycles. The molecule has 0 unspecified atom stereocenters. The summed E-state index contributed by atoms with van der Waals surface area (Å²) in [5.74, 6) is -0.0281. The van der Waals surface area contributed by atoms with Crippen molar-refractivity contribution in [2.24, 2.45) is 5.41 Å². The molecule has 3 aromatic rings. The van der Waals surface area contributed by atoms with Gasteiger partial charge in [0.05, 0.1) is 22.9 Å². The molecule has 0 spiro atoms. The Kier molecular flexibility index (Phi) is 5.07. The van der Waals surface area contributed by atoms with Crippen molar-refractivity contribution in [2.75, 3.05) is 10.6 Å². The topological polar surface area (TPSA) is 111 Å². The number of aromatic nitrogens is 2. The number of hydrogen-bond acceptors (Lipinski definition) is 5. The van der Waals surface area contributed by atoms with E-state index in [-0.39, 0.29) is 17.4 Å². The van der Waals surface area contributed by atoms with Crippen molar-refractivity contribution in [1.82, 2.24) is 9.97 Å². The minimum absolute atomic E-state index is 0.180. The molecule has 0 radical (unpaired) electrons. The Labute approximate surface area is 180 Å². The second kappa shape index (κ2) is 7.73. The predicted octanol–water partition coefficient (Wildman–Crippen LogP) is 4.14. The number of anilines is 3. The van der Waals surface area contributed by atoms with Crippen LogP contribution in [0.5, 0.6) is 0 Å². The maximum absolute atomic E-state index is 12.9. The van der Waals surface area contributed by atoms with E-state index in [1.54, 1.807) is 32.9 Å². The Morgan fingerprint density at radius 1 is 1.13 bits per heavy atom. The lowest BCUT2D eigenvalue weighted by Crippen LogP contribution is -2.30. The fourth-order valence-corrected chi connectivity index (χ4v) is 3.57. The third kappa shape index (κ3) is 4.05. The second-order valence-electron chi connectivity index (χ2n) is 8.59. The Bertz CT molecular complexity index is 1260. The lowest BCUT2D eigenvalue weighted by atomic mass is 9.88. The number of nitriles is 1. The molecule has 0 fully saturated rings. The molecule has 1 amide bonds. The highest BCUT2D eigenvalue weighted by atomic mass is 16.2. The van der Waals surface area contributed by atoms with Crippen molar-refractivity contribution in [1.29, 1.82) is 5.26 Å². The molecule has 31 heavy (non-hydrogen) atoms. The molecule has 0 aliphatic heterocycles. The first-order valence-electron chi connectivity index (χ1n) is 10.1. The highest BCUT2D eigenvalue weighted by Gasteiger charge is 2.26. The molecule has 0 atom stereocenters. The van der Waals surface area contributed by atoms with Crippen LogP contribution in [0.15, 0.2) is 47.3 Å². The number of rotatable bonds is 3. The van der Waals surface area contributed by atoms with E-state index in [2.05, 4.69) is 26.7 Å². The van der Waals surface area contributed by atoms with Crippen molar-refractivity contribution >= 4 is 23.2 Å². The molecule has 1 aliphatic rings. The van der Waals surface area contributed by atoms with Gasteiger partial charge in [0.1, 0.15) is 0 Å². The van der Waals surface area contributed by atoms with Gasteiger partial charge in [-0.2, -0.15) is 5.26 Å². The van der Waals surface area contributed by atoms with Crippen LogP contribution in [-0.2, 0) is 17.6 Å². The molecular weight excluding hydrogens is 390 g/mol. The summed E-state index contributed by atoms with van der Waals surface area (Å²) in [7, 11) is 0. The summed E-state index contributed by atoms with van der Waals surface area (Å²) in [5.41, 5.74) is 4.61. The second-order valence-corrected chi connectivity index (χ2v) is 8.59. The van der Waals surface area contributed by atoms with E-state index in [9.17, 15) is 9.59 Å². The van der Waals surface area contributed by atoms with Gasteiger partial charge in [-0.25, -0.2) is 4.98 Å². The molecule has 7 heteroatoms. The van der Waals surface area contributed by atoms with Crippen LogP contribution in [-0.4, -0.2) is 15.9 Å². The van der Waals surface area contributed by atoms with E-state index in [0.717, 1.165) is 22.5 Å². The molecule has 2 aromatic carbocycles. The molecule has 1 aromatic heterocycles. The van der Waals surface area contributed by atoms with Gasteiger partial charge in [-0.1, -0.05) is 32.9 Å². The molecule has 0 saturated heterocycles. The standard InChI is InChI=1S/C24H23N5O2/c1-24(2,3)22(31)29-23-27-19-12-11-16-17(20(19)21(30)28-23)5-4-6-18(16)26-15-9-7-14(13-25)8-10-15/h4-10,26H,11-12H2,1-3H3,(H2,27,28,29,30,31). The fraction of sp³-hybridized carbons (Fsp3) is 0.250. The largest absolute Gasteiger partial charge is 0.355 e. The van der Waals surface area contributed by atoms with Gasteiger partial charge < -0.3 is 5.32 Å². The zero-order valence-electron chi connectivity index (χ0n) is 17.7. The van der Waals surface area contributed by atoms with Crippen LogP contribution in [0.25, 0.3) is 11.1 Å². The highest BCUT2D eigenvalue weighted by molar-refractivity contribution is 5.93. The van der Waals surface area contributed by atoms with Crippen LogP contribution < -0.4 is 16.2 Å². The Morgan fingerprint density at radius 3 is 2.55 bits per heavy atom. The Balaban J connectivity index is 1.69. The first kappa shape index (κ1) is 20.4. The summed E-state index contributed by atoms with van der Waals surface area (Å²) in [6, 6.07) is 15.1. The summed E-state index contributed by atoms with van der Waals surface area (Å²) in [4.78, 5) is 32.4. The van der Waals surface area contributed by atoms with Gasteiger partial charge >= 0.3 is 0 Å². The van der Waals surface area contributed by atoms with Gasteiger partial charge in [-0.3, -0.25) is 19.9 Å². The van der Waals surface area contributed by atoms with E-state index in [0.29, 0.717) is 29.7 Å². The van der Waals surface area contributed by atoms with E-state index < -0.39 is 5.41 Å². The average Bonchev–Trinajstić information content (AvgIpc) is 2.73. The smallest absolute Gasteiger partial charge is 0.260 e. The third-order valence-corrected chi connectivity index (χ3v) is 5.26. The number of benzene rings is 2. The summed E-state index contributed by atoms with van der Waals surface area (Å²) >= 11 is 0. The van der Waals surface area contributed by atoms with Crippen LogP contribution in [0.3, 0.4) is 0 Å². The third-order valence-electron chi connectivity index (χ3n) is 5.26. The summed E-state index contributed by atoms with van der Waals surface area (Å²) in [5, 5.41) is 15.1. The summed E-state index contributed by atoms with van der Waals surface area (Å²) < 4.78 is 0. The minimum Gasteiger partial charge on any atom is -0.355 e. The number of aromatic amines is 1. The maximum atomic E-state index is 12.9. The van der Waals surface area contributed by atoms with Crippen molar-refractivity contribution in [3.05, 3.63) is 69.6 Å². The molecule has 4 rings (SSSR count). The van der Waals surface area contributed by atoms with Crippen molar-refractivity contribution in [3.63, 3.8) is 0 Å². The SMILES string of the molecule is CC(C)(C)C(=O)Nc1nc2c(c(=O)[nH]1)-c1cccc(Nc3ccc(C#N)cc3)c1CC2. The summed E-state index contributed by atoms with van der Waals surface area (Å²) in [6.07, 6.45) is 1.31. The lowest BCUT2D eigenvalue weighted by molar-refractivity contribution is -0.123. The maximum Gasteiger partial charge on any atom is 0.260 e. The first-order chi connectivity index (χ1) is 14.8. The number of H-pyrrole nitrogens is 1. The van der Waals surface area contributed by atoms with Crippen LogP contribution in [0, 0.1) is 16.7 Å². The Hall–Kier alpha value is -3.92. The highest BCUT2D eigenvalue weighted by Crippen LogP contribution is 2.36. The number of amides is 1. The molecule has 7 nitrogen and oxygen atoms in total. The number of nitrogens with zero attached hydrogens (tertiary/aromatic N) is 2. The zero-order valence-corrected chi connectivity index (χ0v) is 17.7. The average molecular weight is 413 g/mol. The van der Waals surface area contributed by atoms with E-state index in [1.165, 1.54) is 0 Å². The van der Waals surface area contributed by atoms with Gasteiger partial charge in [-0.05, 0) is 54.3 Å². The van der Waals surface area contributed by atoms with Gasteiger partial charge in [0.2, 0.25) is 11.9 Å². The first-order valence-corrected chi connectivity index (χ1v) is 10.1. The van der Waals surface area contributed by atoms with Crippen molar-refractivity contribution in [3.8, 4) is 17.2 Å². The van der Waals surface area contributed by atoms with Crippen LogP contribution >= 0.6 is 0 Å². The van der Waals surface area contributed by atoms with Crippen molar-refractivity contribution < 1.29 is 4.79 Å². The minimum atomic E-state index is -0.590. The number of fused-ring (bicyclic) bond motifs is 3. The molecule has 3 N–H and O–H groups in total. The van der Waals surface area contributed by atoms with E-state index in [4.69, 9.17) is 5.26 Å². The number of nitrogens with one attached hydrogen (secondary N) is 3. The van der Waals surface area contributed by atoms with Gasteiger partial charge in [0.15, 0.2) is 0 Å². The number of hydrogen-bond donors (Lipinski definition) is 3. The molecule has 156 valence electrons. The summed E-state index contributed by atoms with van der Waals surface area (Å²) in [6.45, 7) is 5.41. The van der Waals surface area contributed by atoms with Gasteiger partial charge in [0, 0.05) is 16.8 Å². The monoisotopic (exact) mass is 413 g/mol. The lowest BCUT2D eigenvalue weighted by Gasteiger charge is -2.23. The Morgan fingerprint density at radius 2 is 1.87 bits per heavy atom. The molecule has 0 saturated carbocycles. The molecular formula is C24H23N5O2. The number of aryl methyl sites for hydroxylation is 1. The van der Waals surface area contributed by atoms with Gasteiger partial charge in [0.25, 0.3) is 5.56 Å². The fourth-order valence-electron chi connectivity index (χ4n) is 3.57. The number of carbonyl (C=O) groups is 1.